The molecule has 198 valence electrons. The number of benzene rings is 3. The second kappa shape index (κ2) is 10.4. The van der Waals surface area contributed by atoms with Gasteiger partial charge in [-0.2, -0.15) is 8.75 Å². The van der Waals surface area contributed by atoms with Crippen LogP contribution in [0.1, 0.15) is 23.0 Å². The topological polar surface area (TPSA) is 109 Å². The fraction of sp³-hybridized carbons (Fsp3) is 0.207. The Labute approximate surface area is 227 Å². The molecule has 0 bridgehead atoms. The number of hydrogen-bond acceptors (Lipinski definition) is 9. The standard InChI is InChI=1S/C29H25N3O6S/c1-3-36-29(34)27-25(19-10-9-18(35-2)15-24(19)37-13-12-33)28-26(20-6-4-5-7-23(20)38-28)32(27)16-17-8-11-21-22(14-17)31-39-30-21/h4-11,14-15,33H,3,12-13,16H2,1-2H3. The minimum absolute atomic E-state index is 0.0700. The Morgan fingerprint density at radius 2 is 1.92 bits per heavy atom. The molecule has 6 rings (SSSR count). The predicted octanol–water partition coefficient (Wildman–Crippen LogP) is 5.66. The van der Waals surface area contributed by atoms with E-state index in [1.165, 1.54) is 0 Å². The summed E-state index contributed by atoms with van der Waals surface area (Å²) in [5, 5.41) is 10.3. The van der Waals surface area contributed by atoms with Crippen molar-refractivity contribution in [1.82, 2.24) is 13.3 Å². The summed E-state index contributed by atoms with van der Waals surface area (Å²) in [5.74, 6) is 0.543. The van der Waals surface area contributed by atoms with Crippen LogP contribution < -0.4 is 9.47 Å². The molecule has 0 saturated carbocycles. The molecule has 0 aliphatic heterocycles. The van der Waals surface area contributed by atoms with Crippen LogP contribution in [0.4, 0.5) is 0 Å². The molecule has 0 aliphatic carbocycles. The first kappa shape index (κ1) is 24.9. The van der Waals surface area contributed by atoms with Gasteiger partial charge in [0.05, 0.1) is 43.1 Å². The van der Waals surface area contributed by atoms with Crippen LogP contribution >= 0.6 is 11.7 Å². The van der Waals surface area contributed by atoms with E-state index in [1.54, 1.807) is 26.2 Å². The molecule has 0 amide bonds. The molecule has 0 spiro atoms. The number of nitrogens with zero attached hydrogens (tertiary/aromatic N) is 3. The molecule has 0 fully saturated rings. The zero-order valence-electron chi connectivity index (χ0n) is 21.3. The third-order valence-corrected chi connectivity index (χ3v) is 7.06. The Bertz CT molecular complexity index is 1820. The average Bonchev–Trinajstić information content (AvgIpc) is 3.65. The van der Waals surface area contributed by atoms with Crippen LogP contribution in [0.15, 0.2) is 65.1 Å². The van der Waals surface area contributed by atoms with Crippen LogP contribution in [0, 0.1) is 0 Å². The summed E-state index contributed by atoms with van der Waals surface area (Å²) in [5.41, 5.74) is 6.07. The number of para-hydroxylation sites is 1. The van der Waals surface area contributed by atoms with Crippen LogP contribution in [0.5, 0.6) is 11.5 Å². The first-order chi connectivity index (χ1) is 19.1. The molecule has 10 heteroatoms. The van der Waals surface area contributed by atoms with Gasteiger partial charge in [0.25, 0.3) is 0 Å². The fourth-order valence-electron chi connectivity index (χ4n) is 4.86. The van der Waals surface area contributed by atoms with Crippen molar-refractivity contribution in [2.45, 2.75) is 13.5 Å². The van der Waals surface area contributed by atoms with E-state index in [-0.39, 0.29) is 19.8 Å². The normalized spacial score (nSPS) is 11.5. The Hall–Kier alpha value is -4.41. The van der Waals surface area contributed by atoms with Crippen LogP contribution in [0.2, 0.25) is 0 Å². The molecule has 0 aliphatic rings. The van der Waals surface area contributed by atoms with E-state index in [4.69, 9.17) is 18.6 Å². The summed E-state index contributed by atoms with van der Waals surface area (Å²) in [4.78, 5) is 13.7. The first-order valence-electron chi connectivity index (χ1n) is 12.5. The summed E-state index contributed by atoms with van der Waals surface area (Å²) in [6, 6.07) is 19.0. The summed E-state index contributed by atoms with van der Waals surface area (Å²) in [6.45, 7) is 2.25. The van der Waals surface area contributed by atoms with E-state index in [0.717, 1.165) is 39.2 Å². The number of carbonyl (C=O) groups excluding carboxylic acids is 1. The van der Waals surface area contributed by atoms with Gasteiger partial charge < -0.3 is 28.3 Å². The number of methoxy groups -OCH3 is 1. The predicted molar refractivity (Wildman–Crippen MR) is 149 cm³/mol. The van der Waals surface area contributed by atoms with E-state index in [0.29, 0.717) is 46.0 Å². The SMILES string of the molecule is CCOC(=O)c1c(-c2ccc(OC)cc2OCCO)c2oc3ccccc3c2n1Cc1ccc2nsnc2c1. The molecule has 3 aromatic carbocycles. The summed E-state index contributed by atoms with van der Waals surface area (Å²) >= 11 is 1.16. The van der Waals surface area contributed by atoms with Crippen molar-refractivity contribution < 1.29 is 28.5 Å². The third-order valence-electron chi connectivity index (χ3n) is 6.51. The maximum absolute atomic E-state index is 13.7. The van der Waals surface area contributed by atoms with Gasteiger partial charge in [-0.25, -0.2) is 4.79 Å². The van der Waals surface area contributed by atoms with Gasteiger partial charge in [-0.1, -0.05) is 18.2 Å². The maximum Gasteiger partial charge on any atom is 0.355 e. The van der Waals surface area contributed by atoms with Gasteiger partial charge >= 0.3 is 5.97 Å². The molecule has 0 atom stereocenters. The zero-order chi connectivity index (χ0) is 26.9. The van der Waals surface area contributed by atoms with E-state index in [9.17, 15) is 9.90 Å². The van der Waals surface area contributed by atoms with Crippen LogP contribution in [-0.4, -0.2) is 51.3 Å². The number of aromatic nitrogens is 3. The Balaban J connectivity index is 1.67. The van der Waals surface area contributed by atoms with Crippen LogP contribution in [0.25, 0.3) is 44.2 Å². The van der Waals surface area contributed by atoms with Crippen molar-refractivity contribution in [3.63, 3.8) is 0 Å². The number of hydrogen-bond donors (Lipinski definition) is 1. The molecule has 6 aromatic rings. The molecule has 0 saturated heterocycles. The highest BCUT2D eigenvalue weighted by Crippen LogP contribution is 2.45. The lowest BCUT2D eigenvalue weighted by Gasteiger charge is -2.15. The Kier molecular flexibility index (Phi) is 6.64. The molecule has 9 nitrogen and oxygen atoms in total. The average molecular weight is 544 g/mol. The fourth-order valence-corrected chi connectivity index (χ4v) is 5.38. The second-order valence-corrected chi connectivity index (χ2v) is 9.36. The monoisotopic (exact) mass is 543 g/mol. The lowest BCUT2D eigenvalue weighted by molar-refractivity contribution is 0.0516. The Morgan fingerprint density at radius 1 is 1.08 bits per heavy atom. The van der Waals surface area contributed by atoms with Gasteiger partial charge in [0.1, 0.15) is 40.4 Å². The minimum Gasteiger partial charge on any atom is -0.497 e. The molecular weight excluding hydrogens is 518 g/mol. The lowest BCUT2D eigenvalue weighted by atomic mass is 10.0. The summed E-state index contributed by atoms with van der Waals surface area (Å²) in [6.07, 6.45) is 0. The highest BCUT2D eigenvalue weighted by atomic mass is 32.1. The van der Waals surface area contributed by atoms with Gasteiger partial charge in [-0.15, -0.1) is 0 Å². The zero-order valence-corrected chi connectivity index (χ0v) is 22.2. The number of ether oxygens (including phenoxy) is 3. The molecule has 39 heavy (non-hydrogen) atoms. The number of aliphatic hydroxyl groups is 1. The largest absolute Gasteiger partial charge is 0.497 e. The van der Waals surface area contributed by atoms with Crippen molar-refractivity contribution in [3.05, 3.63) is 71.9 Å². The van der Waals surface area contributed by atoms with Crippen molar-refractivity contribution in [2.24, 2.45) is 0 Å². The first-order valence-corrected chi connectivity index (χ1v) is 13.2. The molecule has 3 heterocycles. The van der Waals surface area contributed by atoms with Crippen LogP contribution in [-0.2, 0) is 11.3 Å². The van der Waals surface area contributed by atoms with Gasteiger partial charge in [0, 0.05) is 23.6 Å². The van der Waals surface area contributed by atoms with Crippen molar-refractivity contribution >= 4 is 50.8 Å². The Morgan fingerprint density at radius 3 is 2.74 bits per heavy atom. The molecule has 0 unspecified atom stereocenters. The number of furan rings is 1. The molecule has 1 N–H and O–H groups in total. The molecule has 3 aromatic heterocycles. The van der Waals surface area contributed by atoms with Gasteiger partial charge in [-0.05, 0) is 48.9 Å². The van der Waals surface area contributed by atoms with Crippen LogP contribution in [0.3, 0.4) is 0 Å². The second-order valence-electron chi connectivity index (χ2n) is 8.83. The van der Waals surface area contributed by atoms with Crippen molar-refractivity contribution in [3.8, 4) is 22.6 Å². The number of fused-ring (bicyclic) bond motifs is 4. The molecular formula is C29H25N3O6S. The van der Waals surface area contributed by atoms with Gasteiger partial charge in [0.2, 0.25) is 0 Å². The minimum atomic E-state index is -0.483. The number of carbonyl (C=O) groups is 1. The highest BCUT2D eigenvalue weighted by Gasteiger charge is 2.31. The number of esters is 1. The number of aliphatic hydroxyl groups excluding tert-OH is 1. The van der Waals surface area contributed by atoms with Crippen molar-refractivity contribution in [1.29, 1.82) is 0 Å². The quantitative estimate of drug-likeness (QED) is 0.233. The van der Waals surface area contributed by atoms with E-state index in [2.05, 4.69) is 8.75 Å². The number of rotatable bonds is 9. The van der Waals surface area contributed by atoms with E-state index >= 15 is 0 Å². The highest BCUT2D eigenvalue weighted by molar-refractivity contribution is 7.00. The summed E-state index contributed by atoms with van der Waals surface area (Å²) < 4.78 is 34.0. The maximum atomic E-state index is 13.7. The van der Waals surface area contributed by atoms with Gasteiger partial charge in [-0.3, -0.25) is 0 Å². The lowest BCUT2D eigenvalue weighted by Crippen LogP contribution is -2.14. The molecule has 0 radical (unpaired) electrons. The van der Waals surface area contributed by atoms with Gasteiger partial charge in [0.15, 0.2) is 5.58 Å². The van der Waals surface area contributed by atoms with Crippen molar-refractivity contribution in [2.75, 3.05) is 26.9 Å². The summed E-state index contributed by atoms with van der Waals surface area (Å²) in [7, 11) is 1.57. The van der Waals surface area contributed by atoms with E-state index in [1.807, 2.05) is 53.1 Å². The smallest absolute Gasteiger partial charge is 0.355 e. The van der Waals surface area contributed by atoms with E-state index < -0.39 is 5.97 Å². The third kappa shape index (κ3) is 4.37.